The number of carbonyl (C=O) groups excluding carboxylic acids is 1. The standard InChI is InChI=1S/C48H52FN7O7S/c1-26-19-35(20-27(2)41(26)49)55-43(57)38-13-16-54(29(4)42(38)50-46(55)53-24-34(25-53)30-5-8-36(9-6-30)64(60,61)37-10-11-37)44(58)40-22-33-21-32(31-14-17-62-18-15-31)7-12-39(33)56(40)48(23-28(48)3)45-51-47(59)63-52-45/h5-9,12,19-22,28-29,31,34,37,47,59H,10-11,13-18,23-25H2,1-4H3,(H,51,52)/t28-,29+,47?,48-/m1/s1. The van der Waals surface area contributed by atoms with E-state index < -0.39 is 27.8 Å². The van der Waals surface area contributed by atoms with E-state index in [1.165, 1.54) is 5.56 Å². The number of aliphatic hydroxyl groups is 1. The predicted molar refractivity (Wildman–Crippen MR) is 238 cm³/mol. The van der Waals surface area contributed by atoms with Crippen LogP contribution in [0.25, 0.3) is 16.6 Å². The van der Waals surface area contributed by atoms with Crippen molar-refractivity contribution in [2.75, 3.05) is 37.7 Å². The second-order valence-electron chi connectivity index (χ2n) is 18.8. The second-order valence-corrected chi connectivity index (χ2v) is 21.0. The summed E-state index contributed by atoms with van der Waals surface area (Å²) in [5.41, 5.74) is 7.75. The summed E-state index contributed by atoms with van der Waals surface area (Å²) in [4.78, 5) is 49.3. The van der Waals surface area contributed by atoms with Crippen molar-refractivity contribution < 1.29 is 32.3 Å². The number of carbonyl (C=O) groups is 1. The fourth-order valence-electron chi connectivity index (χ4n) is 10.7. The molecule has 3 aromatic carbocycles. The summed E-state index contributed by atoms with van der Waals surface area (Å²) < 4.78 is 50.1. The molecule has 0 spiro atoms. The number of amides is 1. The van der Waals surface area contributed by atoms with Crippen LogP contribution in [0.5, 0.6) is 0 Å². The molecule has 2 saturated heterocycles. The van der Waals surface area contributed by atoms with Gasteiger partial charge in [-0.3, -0.25) is 9.59 Å². The number of amidine groups is 1. The molecule has 1 unspecified atom stereocenters. The number of sulfone groups is 1. The number of nitrogens with zero attached hydrogens (tertiary/aromatic N) is 6. The number of hydrogen-bond donors (Lipinski definition) is 2. The van der Waals surface area contributed by atoms with Gasteiger partial charge in [0.1, 0.15) is 17.1 Å². The van der Waals surface area contributed by atoms with Gasteiger partial charge in [-0.25, -0.2) is 37.7 Å². The van der Waals surface area contributed by atoms with Gasteiger partial charge < -0.3 is 24.2 Å². The van der Waals surface area contributed by atoms with Crippen molar-refractivity contribution in [3.8, 4) is 5.69 Å². The number of hydrogen-bond acceptors (Lipinski definition) is 11. The Morgan fingerprint density at radius 3 is 2.27 bits per heavy atom. The average molecular weight is 890 g/mol. The van der Waals surface area contributed by atoms with E-state index in [0.717, 1.165) is 29.3 Å². The van der Waals surface area contributed by atoms with E-state index in [1.807, 2.05) is 30.0 Å². The Morgan fingerprint density at radius 1 is 0.938 bits per heavy atom. The molecule has 0 bridgehead atoms. The molecule has 0 radical (unpaired) electrons. The Kier molecular flexibility index (Phi) is 9.73. The number of aliphatic hydroxyl groups excluding tert-OH is 1. The van der Waals surface area contributed by atoms with Crippen LogP contribution in [-0.2, 0) is 31.4 Å². The smallest absolute Gasteiger partial charge is 0.280 e. The molecule has 16 heteroatoms. The number of aromatic nitrogens is 3. The van der Waals surface area contributed by atoms with Gasteiger partial charge in [0.15, 0.2) is 15.7 Å². The number of rotatable bonds is 9. The number of nitrogens with one attached hydrogen (secondary N) is 1. The zero-order valence-electron chi connectivity index (χ0n) is 36.4. The highest BCUT2D eigenvalue weighted by atomic mass is 32.2. The third kappa shape index (κ3) is 6.53. The van der Waals surface area contributed by atoms with Crippen LogP contribution in [0.15, 0.2) is 75.3 Å². The lowest BCUT2D eigenvalue weighted by molar-refractivity contribution is -0.103. The molecule has 14 nitrogen and oxygen atoms in total. The van der Waals surface area contributed by atoms with Gasteiger partial charge in [0.2, 0.25) is 5.95 Å². The van der Waals surface area contributed by atoms with Gasteiger partial charge in [0.05, 0.1) is 27.6 Å². The van der Waals surface area contributed by atoms with E-state index >= 15 is 9.18 Å². The summed E-state index contributed by atoms with van der Waals surface area (Å²) in [7, 11) is -3.31. The van der Waals surface area contributed by atoms with E-state index in [2.05, 4.69) is 40.2 Å². The first-order valence-corrected chi connectivity index (χ1v) is 24.0. The van der Waals surface area contributed by atoms with Crippen molar-refractivity contribution in [2.45, 2.75) is 106 Å². The second kappa shape index (κ2) is 15.1. The Hall–Kier alpha value is -5.42. The molecular weight excluding hydrogens is 838 g/mol. The number of hydroxylamine groups is 1. The van der Waals surface area contributed by atoms with Crippen molar-refractivity contribution in [1.29, 1.82) is 0 Å². The first-order valence-electron chi connectivity index (χ1n) is 22.5. The molecule has 4 atom stereocenters. The monoisotopic (exact) mass is 889 g/mol. The number of anilines is 1. The normalized spacial score (nSPS) is 25.0. The van der Waals surface area contributed by atoms with Crippen molar-refractivity contribution in [3.63, 3.8) is 0 Å². The van der Waals surface area contributed by atoms with Gasteiger partial charge in [0.25, 0.3) is 17.9 Å². The van der Waals surface area contributed by atoms with E-state index in [-0.39, 0.29) is 47.3 Å². The molecule has 5 aromatic rings. The summed E-state index contributed by atoms with van der Waals surface area (Å²) in [6.45, 7) is 10.1. The molecule has 1 amide bonds. The minimum absolute atomic E-state index is 0.0581. The maximum absolute atomic E-state index is 15.3. The van der Waals surface area contributed by atoms with Crippen molar-refractivity contribution in [1.82, 2.24) is 24.5 Å². The minimum Gasteiger partial charge on any atom is -0.381 e. The maximum Gasteiger partial charge on any atom is 0.280 e. The fourth-order valence-corrected chi connectivity index (χ4v) is 12.4. The van der Waals surface area contributed by atoms with Gasteiger partial charge >= 0.3 is 0 Å². The van der Waals surface area contributed by atoms with E-state index in [9.17, 15) is 18.3 Å². The number of fused-ring (bicyclic) bond motifs is 2. The van der Waals surface area contributed by atoms with Crippen molar-refractivity contribution in [2.24, 2.45) is 10.9 Å². The Labute approximate surface area is 370 Å². The lowest BCUT2D eigenvalue weighted by Crippen LogP contribution is -2.50. The third-order valence-corrected chi connectivity index (χ3v) is 17.0. The Bertz CT molecular complexity index is 2930. The molecule has 6 heterocycles. The molecule has 4 aliphatic heterocycles. The summed E-state index contributed by atoms with van der Waals surface area (Å²) in [5.74, 6) is 0.806. The number of aliphatic imine (C=N–C) groups is 1. The van der Waals surface area contributed by atoms with E-state index in [1.54, 1.807) is 47.6 Å². The number of halogens is 1. The summed E-state index contributed by atoms with van der Waals surface area (Å²) >= 11 is 0. The topological polar surface area (TPSA) is 161 Å². The van der Waals surface area contributed by atoms with Crippen LogP contribution in [0.1, 0.15) is 108 Å². The zero-order chi connectivity index (χ0) is 44.4. The zero-order valence-corrected chi connectivity index (χ0v) is 37.2. The highest BCUT2D eigenvalue weighted by Crippen LogP contribution is 2.54. The van der Waals surface area contributed by atoms with Crippen LogP contribution in [0.3, 0.4) is 0 Å². The first-order chi connectivity index (χ1) is 30.7. The number of aryl methyl sites for hydroxylation is 2. The van der Waals surface area contributed by atoms with Crippen LogP contribution in [0, 0.1) is 25.6 Å². The minimum atomic E-state index is -3.31. The Balaban J connectivity index is 0.968. The molecule has 2 N–H and O–H groups in total. The molecule has 2 aliphatic carbocycles. The average Bonchev–Trinajstić information content (AvgIpc) is 4.16. The van der Waals surface area contributed by atoms with Crippen LogP contribution < -0.4 is 15.9 Å². The third-order valence-electron chi connectivity index (χ3n) is 14.7. The van der Waals surface area contributed by atoms with Crippen molar-refractivity contribution >= 4 is 38.4 Å². The van der Waals surface area contributed by atoms with Gasteiger partial charge in [-0.15, -0.1) is 0 Å². The molecule has 64 heavy (non-hydrogen) atoms. The SMILES string of the molecule is Cc1cc(-n2c(N3CC(c4ccc(S(=O)(=O)C5CC5)cc4)C3)nc3c(c2=O)CCN(C(=O)c2cc4cc(C5CCOCC5)ccc4n2[C@]2(C4=NC(O)ON4)C[C@H]2C)[C@H]3C)cc(C)c1F. The molecule has 2 saturated carbocycles. The van der Waals surface area contributed by atoms with Crippen molar-refractivity contribution in [3.05, 3.63) is 116 Å². The van der Waals surface area contributed by atoms with Gasteiger partial charge in [-0.05, 0) is 136 Å². The number of ether oxygens (including phenoxy) is 1. The quantitative estimate of drug-likeness (QED) is 0.178. The maximum atomic E-state index is 15.3. The molecule has 6 aliphatic rings. The summed E-state index contributed by atoms with van der Waals surface area (Å²) in [6.07, 6.45) is 2.83. The highest BCUT2D eigenvalue weighted by molar-refractivity contribution is 7.92. The largest absolute Gasteiger partial charge is 0.381 e. The summed E-state index contributed by atoms with van der Waals surface area (Å²) in [6, 6.07) is 18.3. The first kappa shape index (κ1) is 41.3. The van der Waals surface area contributed by atoms with Gasteiger partial charge in [-0.1, -0.05) is 25.1 Å². The van der Waals surface area contributed by atoms with Gasteiger partial charge in [-0.2, -0.15) is 0 Å². The Morgan fingerprint density at radius 2 is 1.62 bits per heavy atom. The molecule has 2 aromatic heterocycles. The fraction of sp³-hybridized carbons (Fsp3) is 0.458. The van der Waals surface area contributed by atoms with Crippen LogP contribution in [-0.4, -0.2) is 88.8 Å². The molecule has 11 rings (SSSR count). The van der Waals surface area contributed by atoms with Crippen LogP contribution in [0.4, 0.5) is 10.3 Å². The molecular formula is C48H52FN7O7S. The molecule has 4 fully saturated rings. The number of benzene rings is 3. The predicted octanol–water partition coefficient (Wildman–Crippen LogP) is 6.08. The molecule has 334 valence electrons. The summed E-state index contributed by atoms with van der Waals surface area (Å²) in [5, 5.41) is 10.9. The van der Waals surface area contributed by atoms with Gasteiger partial charge in [0, 0.05) is 55.2 Å². The van der Waals surface area contributed by atoms with E-state index in [0.29, 0.717) is 102 Å². The lowest BCUT2D eigenvalue weighted by Gasteiger charge is -2.42. The van der Waals surface area contributed by atoms with Crippen LogP contribution in [0.2, 0.25) is 0 Å². The van der Waals surface area contributed by atoms with E-state index in [4.69, 9.17) is 14.6 Å². The van der Waals surface area contributed by atoms with Crippen LogP contribution >= 0.6 is 0 Å². The lowest BCUT2D eigenvalue weighted by atomic mass is 9.91. The highest BCUT2D eigenvalue weighted by Gasteiger charge is 2.60.